The van der Waals surface area contributed by atoms with E-state index in [-0.39, 0.29) is 18.3 Å². The Bertz CT molecular complexity index is 1410. The predicted molar refractivity (Wildman–Crippen MR) is 129 cm³/mol. The van der Waals surface area contributed by atoms with Crippen LogP contribution >= 0.6 is 0 Å². The largest absolute Gasteiger partial charge is 0.462 e. The van der Waals surface area contributed by atoms with Crippen molar-refractivity contribution < 1.29 is 23.0 Å². The third-order valence-corrected chi connectivity index (χ3v) is 5.68. The van der Waals surface area contributed by atoms with Crippen LogP contribution in [0.15, 0.2) is 78.8 Å². The molecule has 4 aromatic rings. The number of amides is 1. The molecule has 0 fully saturated rings. The maximum atomic E-state index is 14.9. The molecule has 6 nitrogen and oxygen atoms in total. The smallest absolute Gasteiger partial charge is 0.235 e. The lowest BCUT2D eigenvalue weighted by atomic mass is 9.96. The Morgan fingerprint density at radius 2 is 1.89 bits per heavy atom. The lowest BCUT2D eigenvalue weighted by Gasteiger charge is -2.17. The van der Waals surface area contributed by atoms with Crippen LogP contribution in [0, 0.1) is 17.6 Å². The molecule has 1 unspecified atom stereocenters. The molecule has 1 aromatic heterocycles. The molecule has 0 bridgehead atoms. The van der Waals surface area contributed by atoms with E-state index in [0.29, 0.717) is 28.8 Å². The van der Waals surface area contributed by atoms with Crippen LogP contribution in [0.5, 0.6) is 0 Å². The number of carbonyl (C=O) groups is 1. The number of rotatable bonds is 7. The topological polar surface area (TPSA) is 76.2 Å². The first-order valence-corrected chi connectivity index (χ1v) is 11.0. The van der Waals surface area contributed by atoms with Crippen LogP contribution in [0.2, 0.25) is 0 Å². The number of carbonyl (C=O) groups excluding carboxylic acids is 1. The van der Waals surface area contributed by atoms with Crippen LogP contribution in [0.1, 0.15) is 16.8 Å². The van der Waals surface area contributed by atoms with Gasteiger partial charge in [-0.15, -0.1) is 0 Å². The van der Waals surface area contributed by atoms with Crippen molar-refractivity contribution in [3.05, 3.63) is 107 Å². The van der Waals surface area contributed by atoms with E-state index in [1.165, 1.54) is 30.5 Å². The van der Waals surface area contributed by atoms with Crippen molar-refractivity contribution in [2.24, 2.45) is 5.92 Å². The molecule has 2 N–H and O–H groups in total. The highest BCUT2D eigenvalue weighted by Crippen LogP contribution is 2.28. The summed E-state index contributed by atoms with van der Waals surface area (Å²) in [5.74, 6) is -1.65. The van der Waals surface area contributed by atoms with Gasteiger partial charge in [-0.2, -0.15) is 5.10 Å². The van der Waals surface area contributed by atoms with Crippen molar-refractivity contribution in [2.75, 3.05) is 12.1 Å². The molecule has 1 aliphatic heterocycles. The van der Waals surface area contributed by atoms with E-state index in [1.807, 2.05) is 30.3 Å². The molecule has 2 heterocycles. The van der Waals surface area contributed by atoms with E-state index in [0.717, 1.165) is 11.1 Å². The van der Waals surface area contributed by atoms with Crippen molar-refractivity contribution in [1.82, 2.24) is 10.2 Å². The molecule has 0 aliphatic carbocycles. The molecule has 0 saturated heterocycles. The Morgan fingerprint density at radius 1 is 1.09 bits per heavy atom. The fourth-order valence-electron chi connectivity index (χ4n) is 3.86. The number of nitrogens with zero attached hydrogens (tertiary/aromatic N) is 1. The first-order chi connectivity index (χ1) is 17.1. The van der Waals surface area contributed by atoms with Crippen molar-refractivity contribution >= 4 is 34.6 Å². The van der Waals surface area contributed by atoms with Gasteiger partial charge in [0, 0.05) is 11.5 Å². The molecule has 5 rings (SSSR count). The molecule has 176 valence electrons. The maximum Gasteiger partial charge on any atom is 0.235 e. The summed E-state index contributed by atoms with van der Waals surface area (Å²) in [5.41, 5.74) is 2.78. The molecule has 1 aliphatic rings. The third-order valence-electron chi connectivity index (χ3n) is 5.68. The first kappa shape index (κ1) is 22.3. The van der Waals surface area contributed by atoms with Crippen molar-refractivity contribution in [3.8, 4) is 0 Å². The van der Waals surface area contributed by atoms with Gasteiger partial charge in [-0.3, -0.25) is 9.89 Å². The third kappa shape index (κ3) is 5.06. The van der Waals surface area contributed by atoms with Gasteiger partial charge in [0.15, 0.2) is 0 Å². The number of hydrogen-bond donors (Lipinski definition) is 2. The lowest BCUT2D eigenvalue weighted by molar-refractivity contribution is -0.119. The van der Waals surface area contributed by atoms with Crippen molar-refractivity contribution in [2.45, 2.75) is 6.42 Å². The van der Waals surface area contributed by atoms with Gasteiger partial charge in [-0.25, -0.2) is 8.78 Å². The molecule has 0 spiro atoms. The van der Waals surface area contributed by atoms with E-state index < -0.39 is 17.6 Å². The first-order valence-electron chi connectivity index (χ1n) is 11.0. The minimum absolute atomic E-state index is 0.0258. The average Bonchev–Trinajstić information content (AvgIpc) is 3.53. The number of H-pyrrole nitrogens is 1. The number of nitrogens with one attached hydrogen (secondary N) is 2. The van der Waals surface area contributed by atoms with Crippen molar-refractivity contribution in [1.29, 1.82) is 0 Å². The lowest BCUT2D eigenvalue weighted by Crippen LogP contribution is -2.27. The Kier molecular flexibility index (Phi) is 6.26. The maximum absolute atomic E-state index is 14.9. The van der Waals surface area contributed by atoms with E-state index in [9.17, 15) is 13.6 Å². The number of aromatic nitrogens is 2. The minimum Gasteiger partial charge on any atom is -0.462 e. The Balaban J connectivity index is 1.41. The number of ether oxygens (including phenoxy) is 2. The van der Waals surface area contributed by atoms with Crippen LogP contribution in [0.3, 0.4) is 0 Å². The molecule has 1 amide bonds. The van der Waals surface area contributed by atoms with Gasteiger partial charge in [-0.1, -0.05) is 48.5 Å². The van der Waals surface area contributed by atoms with Gasteiger partial charge in [0.25, 0.3) is 0 Å². The van der Waals surface area contributed by atoms with Gasteiger partial charge in [0.2, 0.25) is 12.7 Å². The van der Waals surface area contributed by atoms with E-state index in [1.54, 1.807) is 24.3 Å². The van der Waals surface area contributed by atoms with Crippen LogP contribution in [-0.2, 0) is 20.7 Å². The van der Waals surface area contributed by atoms with Crippen LogP contribution in [0.4, 0.5) is 14.5 Å². The molecular formula is C27H21F2N3O3. The standard InChI is InChI=1S/C27H21F2N3O3/c28-19-9-6-17(7-10-19)8-11-23-20-13-25(22(29)14-24(20)32-31-23)30-27(33)21(26-15-34-16-35-26)12-18-4-2-1-3-5-18/h1-11,13-15,21H,12,16H2,(H,30,33)(H,31,32). The highest BCUT2D eigenvalue weighted by atomic mass is 19.1. The molecule has 0 saturated carbocycles. The fourth-order valence-corrected chi connectivity index (χ4v) is 3.86. The molecule has 35 heavy (non-hydrogen) atoms. The normalized spacial score (nSPS) is 13.9. The summed E-state index contributed by atoms with van der Waals surface area (Å²) in [6.45, 7) is 0.0347. The summed E-state index contributed by atoms with van der Waals surface area (Å²) in [5, 5.41) is 10.4. The summed E-state index contributed by atoms with van der Waals surface area (Å²) in [6.07, 6.45) is 5.29. The van der Waals surface area contributed by atoms with Crippen LogP contribution in [-0.4, -0.2) is 22.9 Å². The predicted octanol–water partition coefficient (Wildman–Crippen LogP) is 5.65. The zero-order chi connectivity index (χ0) is 24.2. The summed E-state index contributed by atoms with van der Waals surface area (Å²) in [7, 11) is 0. The monoisotopic (exact) mass is 473 g/mol. The molecule has 1 atom stereocenters. The van der Waals surface area contributed by atoms with Crippen molar-refractivity contribution in [3.63, 3.8) is 0 Å². The second-order valence-corrected chi connectivity index (χ2v) is 8.05. The number of hydrogen-bond acceptors (Lipinski definition) is 4. The molecule has 8 heteroatoms. The summed E-state index contributed by atoms with van der Waals surface area (Å²) >= 11 is 0. The second kappa shape index (κ2) is 9.80. The fraction of sp³-hybridized carbons (Fsp3) is 0.111. The minimum atomic E-state index is -0.697. The highest BCUT2D eigenvalue weighted by molar-refractivity contribution is 5.98. The SMILES string of the molecule is O=C(Nc1cc2c(C=Cc3ccc(F)cc3)n[nH]c2cc1F)C(Cc1ccccc1)C1=COCO1. The summed E-state index contributed by atoms with van der Waals surface area (Å²) in [4.78, 5) is 13.2. The van der Waals surface area contributed by atoms with Gasteiger partial charge in [-0.05, 0) is 41.8 Å². The van der Waals surface area contributed by atoms with Gasteiger partial charge < -0.3 is 14.8 Å². The number of fused-ring (bicyclic) bond motifs is 1. The number of aromatic amines is 1. The van der Waals surface area contributed by atoms with Gasteiger partial charge >= 0.3 is 0 Å². The number of halogens is 2. The number of anilines is 1. The Labute approximate surface area is 199 Å². The van der Waals surface area contributed by atoms with Crippen LogP contribution < -0.4 is 5.32 Å². The zero-order valence-electron chi connectivity index (χ0n) is 18.5. The quantitative estimate of drug-likeness (QED) is 0.364. The molecular weight excluding hydrogens is 452 g/mol. The molecule has 3 aromatic carbocycles. The van der Waals surface area contributed by atoms with Gasteiger partial charge in [0.05, 0.1) is 16.9 Å². The van der Waals surface area contributed by atoms with E-state index in [4.69, 9.17) is 9.47 Å². The highest BCUT2D eigenvalue weighted by Gasteiger charge is 2.28. The van der Waals surface area contributed by atoms with E-state index in [2.05, 4.69) is 15.5 Å². The summed E-state index contributed by atoms with van der Waals surface area (Å²) < 4.78 is 38.6. The Morgan fingerprint density at radius 3 is 2.63 bits per heavy atom. The summed E-state index contributed by atoms with van der Waals surface area (Å²) in [6, 6.07) is 18.3. The molecule has 0 radical (unpaired) electrons. The van der Waals surface area contributed by atoms with E-state index >= 15 is 0 Å². The second-order valence-electron chi connectivity index (χ2n) is 8.05. The average molecular weight is 473 g/mol. The van der Waals surface area contributed by atoms with Crippen LogP contribution in [0.25, 0.3) is 23.1 Å². The number of benzene rings is 3. The zero-order valence-corrected chi connectivity index (χ0v) is 18.5. The Hall–Kier alpha value is -4.46. The van der Waals surface area contributed by atoms with Gasteiger partial charge in [0.1, 0.15) is 29.6 Å².